The van der Waals surface area contributed by atoms with E-state index >= 15 is 0 Å². The van der Waals surface area contributed by atoms with Gasteiger partial charge in [0, 0.05) is 18.3 Å². The number of carbonyl (C=O) groups is 1. The number of pyridine rings is 1. The lowest BCUT2D eigenvalue weighted by molar-refractivity contribution is -0.138. The number of carbonyl (C=O) groups excluding carboxylic acids is 1. The highest BCUT2D eigenvalue weighted by Crippen LogP contribution is 2.49. The summed E-state index contributed by atoms with van der Waals surface area (Å²) in [5.41, 5.74) is -1.55. The lowest BCUT2D eigenvalue weighted by Gasteiger charge is -2.28. The molecule has 7 heteroatoms. The highest BCUT2D eigenvalue weighted by atomic mass is 19.4. The molecule has 1 amide bonds. The molecular weight excluding hydrogens is 321 g/mol. The van der Waals surface area contributed by atoms with Crippen molar-refractivity contribution in [2.45, 2.75) is 51.4 Å². The van der Waals surface area contributed by atoms with Gasteiger partial charge in [-0.1, -0.05) is 6.42 Å². The predicted octanol–water partition coefficient (Wildman–Crippen LogP) is 2.81. The molecule has 1 aromatic rings. The van der Waals surface area contributed by atoms with Crippen molar-refractivity contribution in [2.24, 2.45) is 17.8 Å². The Kier molecular flexibility index (Phi) is 4.44. The second-order valence-electron chi connectivity index (χ2n) is 7.08. The Hall–Kier alpha value is -1.79. The van der Waals surface area contributed by atoms with Crippen molar-refractivity contribution in [3.63, 3.8) is 0 Å². The number of alkyl halides is 3. The van der Waals surface area contributed by atoms with E-state index in [2.05, 4.69) is 5.32 Å². The summed E-state index contributed by atoms with van der Waals surface area (Å²) in [7, 11) is 0. The van der Waals surface area contributed by atoms with Crippen LogP contribution in [0.1, 0.15) is 38.2 Å². The topological polar surface area (TPSA) is 51.1 Å². The minimum Gasteiger partial charge on any atom is -0.352 e. The van der Waals surface area contributed by atoms with Gasteiger partial charge in [0.05, 0.1) is 5.56 Å². The van der Waals surface area contributed by atoms with Crippen molar-refractivity contribution in [1.82, 2.24) is 9.88 Å². The second-order valence-corrected chi connectivity index (χ2v) is 7.08. The Morgan fingerprint density at radius 2 is 2.08 bits per heavy atom. The van der Waals surface area contributed by atoms with Crippen molar-refractivity contribution in [3.8, 4) is 0 Å². The van der Waals surface area contributed by atoms with Gasteiger partial charge in [-0.2, -0.15) is 13.2 Å². The van der Waals surface area contributed by atoms with Gasteiger partial charge >= 0.3 is 6.18 Å². The maximum atomic E-state index is 12.7. The summed E-state index contributed by atoms with van der Waals surface area (Å²) in [5, 5.41) is 2.86. The highest BCUT2D eigenvalue weighted by Gasteiger charge is 2.42. The minimum absolute atomic E-state index is 0.0192. The van der Waals surface area contributed by atoms with Crippen LogP contribution >= 0.6 is 0 Å². The molecular formula is C17H21F3N2O2. The van der Waals surface area contributed by atoms with Crippen LogP contribution in [0.25, 0.3) is 0 Å². The first-order valence-corrected chi connectivity index (χ1v) is 8.31. The molecule has 2 bridgehead atoms. The fourth-order valence-electron chi connectivity index (χ4n) is 4.29. The Bertz CT molecular complexity index is 683. The zero-order chi connectivity index (χ0) is 17.5. The van der Waals surface area contributed by atoms with E-state index in [9.17, 15) is 22.8 Å². The number of fused-ring (bicyclic) bond motifs is 2. The molecule has 1 aromatic heterocycles. The smallest absolute Gasteiger partial charge is 0.352 e. The molecule has 4 atom stereocenters. The Morgan fingerprint density at radius 3 is 2.67 bits per heavy atom. The minimum atomic E-state index is -4.54. The molecule has 24 heavy (non-hydrogen) atoms. The van der Waals surface area contributed by atoms with E-state index < -0.39 is 29.8 Å². The van der Waals surface area contributed by atoms with Gasteiger partial charge in [-0.05, 0) is 50.0 Å². The SMILES string of the molecule is C[C@H](NC(=O)Cn1cc(C(F)(F)F)ccc1=O)[C@@H]1C[C@H]2CC[C@H]1C2. The second kappa shape index (κ2) is 6.26. The molecule has 0 radical (unpaired) electrons. The first-order chi connectivity index (χ1) is 11.2. The van der Waals surface area contributed by atoms with E-state index in [-0.39, 0.29) is 6.04 Å². The number of halogens is 3. The molecule has 132 valence electrons. The van der Waals surface area contributed by atoms with Gasteiger partial charge in [0.15, 0.2) is 0 Å². The standard InChI is InChI=1S/C17H21F3N2O2/c1-10(14-7-11-2-3-12(14)6-11)21-15(23)9-22-8-13(17(18,19)20)4-5-16(22)24/h4-5,8,10-12,14H,2-3,6-7,9H2,1H3,(H,21,23)/t10-,11-,12-,14-/m0/s1. The Balaban J connectivity index is 1.63. The Labute approximate surface area is 138 Å². The van der Waals surface area contributed by atoms with Crippen LogP contribution in [-0.2, 0) is 17.5 Å². The Morgan fingerprint density at radius 1 is 1.33 bits per heavy atom. The van der Waals surface area contributed by atoms with Gasteiger partial charge in [-0.3, -0.25) is 9.59 Å². The number of hydrogen-bond donors (Lipinski definition) is 1. The third-order valence-electron chi connectivity index (χ3n) is 5.45. The average Bonchev–Trinajstić information content (AvgIpc) is 3.11. The van der Waals surface area contributed by atoms with Gasteiger partial charge in [-0.25, -0.2) is 0 Å². The van der Waals surface area contributed by atoms with Crippen molar-refractivity contribution in [3.05, 3.63) is 34.2 Å². The highest BCUT2D eigenvalue weighted by molar-refractivity contribution is 5.76. The summed E-state index contributed by atoms with van der Waals surface area (Å²) in [6.45, 7) is 1.55. The van der Waals surface area contributed by atoms with Crippen molar-refractivity contribution < 1.29 is 18.0 Å². The number of amides is 1. The van der Waals surface area contributed by atoms with Crippen LogP contribution in [0.5, 0.6) is 0 Å². The van der Waals surface area contributed by atoms with Crippen molar-refractivity contribution >= 4 is 5.91 Å². The zero-order valence-corrected chi connectivity index (χ0v) is 13.5. The van der Waals surface area contributed by atoms with E-state index in [0.29, 0.717) is 18.0 Å². The van der Waals surface area contributed by atoms with Crippen LogP contribution in [0.3, 0.4) is 0 Å². The average molecular weight is 342 g/mol. The molecule has 0 aromatic carbocycles. The van der Waals surface area contributed by atoms with Crippen LogP contribution in [0.4, 0.5) is 13.2 Å². The number of nitrogens with one attached hydrogen (secondary N) is 1. The lowest BCUT2D eigenvalue weighted by atomic mass is 9.84. The molecule has 2 aliphatic rings. The fourth-order valence-corrected chi connectivity index (χ4v) is 4.29. The van der Waals surface area contributed by atoms with E-state index in [1.807, 2.05) is 6.92 Å². The maximum Gasteiger partial charge on any atom is 0.417 e. The fraction of sp³-hybridized carbons (Fsp3) is 0.647. The monoisotopic (exact) mass is 342 g/mol. The largest absolute Gasteiger partial charge is 0.417 e. The normalized spacial score (nSPS) is 27.2. The van der Waals surface area contributed by atoms with Gasteiger partial charge in [0.2, 0.25) is 5.91 Å². The van der Waals surface area contributed by atoms with Gasteiger partial charge in [-0.15, -0.1) is 0 Å². The molecule has 3 rings (SSSR count). The zero-order valence-electron chi connectivity index (χ0n) is 13.5. The third kappa shape index (κ3) is 3.49. The first-order valence-electron chi connectivity index (χ1n) is 8.31. The van der Waals surface area contributed by atoms with E-state index in [4.69, 9.17) is 0 Å². The molecule has 4 nitrogen and oxygen atoms in total. The van der Waals surface area contributed by atoms with Crippen LogP contribution < -0.4 is 10.9 Å². The van der Waals surface area contributed by atoms with Gasteiger partial charge in [0.25, 0.3) is 5.56 Å². The number of hydrogen-bond acceptors (Lipinski definition) is 2. The summed E-state index contributed by atoms with van der Waals surface area (Å²) < 4.78 is 39.0. The van der Waals surface area contributed by atoms with Crippen LogP contribution in [0, 0.1) is 17.8 Å². The molecule has 0 spiro atoms. The first kappa shape index (κ1) is 17.0. The van der Waals surface area contributed by atoms with Crippen LogP contribution in [-0.4, -0.2) is 16.5 Å². The van der Waals surface area contributed by atoms with Gasteiger partial charge < -0.3 is 9.88 Å². The summed E-state index contributed by atoms with van der Waals surface area (Å²) in [4.78, 5) is 23.8. The maximum absolute atomic E-state index is 12.7. The summed E-state index contributed by atoms with van der Waals surface area (Å²) in [6.07, 6.45) is 0.948. The van der Waals surface area contributed by atoms with Crippen molar-refractivity contribution in [2.75, 3.05) is 0 Å². The molecule has 1 N–H and O–H groups in total. The van der Waals surface area contributed by atoms with E-state index in [0.717, 1.165) is 29.0 Å². The molecule has 2 aliphatic carbocycles. The molecule has 0 unspecified atom stereocenters. The molecule has 0 aliphatic heterocycles. The third-order valence-corrected chi connectivity index (χ3v) is 5.45. The number of rotatable bonds is 4. The predicted molar refractivity (Wildman–Crippen MR) is 82.2 cm³/mol. The molecule has 2 fully saturated rings. The van der Waals surface area contributed by atoms with E-state index in [1.54, 1.807) is 0 Å². The summed E-state index contributed by atoms with van der Waals surface area (Å²) in [5.74, 6) is 1.41. The molecule has 2 saturated carbocycles. The number of aromatic nitrogens is 1. The quantitative estimate of drug-likeness (QED) is 0.915. The van der Waals surface area contributed by atoms with Crippen LogP contribution in [0.2, 0.25) is 0 Å². The van der Waals surface area contributed by atoms with Gasteiger partial charge in [0.1, 0.15) is 6.54 Å². The molecule has 0 saturated heterocycles. The number of nitrogens with zero attached hydrogens (tertiary/aromatic N) is 1. The molecule has 1 heterocycles. The van der Waals surface area contributed by atoms with E-state index in [1.165, 1.54) is 19.3 Å². The van der Waals surface area contributed by atoms with Crippen molar-refractivity contribution in [1.29, 1.82) is 0 Å². The summed E-state index contributed by atoms with van der Waals surface area (Å²) >= 11 is 0. The lowest BCUT2D eigenvalue weighted by Crippen LogP contribution is -2.42. The van der Waals surface area contributed by atoms with Crippen LogP contribution in [0.15, 0.2) is 23.1 Å². The summed E-state index contributed by atoms with van der Waals surface area (Å²) in [6, 6.07) is 1.55.